The zero-order valence-corrected chi connectivity index (χ0v) is 33.4. The fraction of sp³-hybridized carbons (Fsp3) is 0.0169. The zero-order chi connectivity index (χ0) is 40.3. The quantitative estimate of drug-likeness (QED) is 0.160. The minimum atomic E-state index is -0.531. The maximum absolute atomic E-state index is 6.51. The molecule has 0 atom stereocenters. The van der Waals surface area contributed by atoms with Gasteiger partial charge < -0.3 is 9.32 Å². The first kappa shape index (κ1) is 35.0. The second kappa shape index (κ2) is 14.1. The van der Waals surface area contributed by atoms with Crippen LogP contribution in [0.5, 0.6) is 0 Å². The van der Waals surface area contributed by atoms with E-state index >= 15 is 0 Å². The first-order valence-corrected chi connectivity index (χ1v) is 21.0. The summed E-state index contributed by atoms with van der Waals surface area (Å²) in [5, 5.41) is 4.67. The van der Waals surface area contributed by atoms with Crippen LogP contribution in [0.25, 0.3) is 66.1 Å². The molecule has 1 aliphatic rings. The predicted octanol–water partition coefficient (Wildman–Crippen LogP) is 15.9. The molecule has 286 valence electrons. The molecule has 2 heteroatoms. The molecule has 2 nitrogen and oxygen atoms in total. The topological polar surface area (TPSA) is 16.4 Å². The molecule has 10 aromatic carbocycles. The van der Waals surface area contributed by atoms with Crippen molar-refractivity contribution in [2.75, 3.05) is 4.90 Å². The molecule has 0 amide bonds. The van der Waals surface area contributed by atoms with Gasteiger partial charge in [0.05, 0.1) is 11.1 Å². The smallest absolute Gasteiger partial charge is 0.143 e. The summed E-state index contributed by atoms with van der Waals surface area (Å²) in [4.78, 5) is 2.46. The summed E-state index contributed by atoms with van der Waals surface area (Å²) in [5.74, 6) is 0. The largest absolute Gasteiger partial charge is 0.455 e. The number of hydrogen-bond acceptors (Lipinski definition) is 2. The molecule has 0 saturated heterocycles. The van der Waals surface area contributed by atoms with Gasteiger partial charge in [-0.2, -0.15) is 0 Å². The maximum Gasteiger partial charge on any atom is 0.143 e. The summed E-state index contributed by atoms with van der Waals surface area (Å²) in [5.41, 5.74) is 16.7. The lowest BCUT2D eigenvalue weighted by atomic mass is 9.67. The molecule has 11 aromatic rings. The molecule has 0 N–H and O–H groups in total. The molecule has 0 saturated carbocycles. The summed E-state index contributed by atoms with van der Waals surface area (Å²) in [6.07, 6.45) is 0. The van der Waals surface area contributed by atoms with Crippen molar-refractivity contribution in [1.29, 1.82) is 0 Å². The maximum atomic E-state index is 6.51. The van der Waals surface area contributed by atoms with E-state index in [2.05, 4.69) is 229 Å². The van der Waals surface area contributed by atoms with Crippen LogP contribution in [0.15, 0.2) is 241 Å². The van der Waals surface area contributed by atoms with E-state index in [9.17, 15) is 0 Å². The van der Waals surface area contributed by atoms with E-state index in [0.717, 1.165) is 50.1 Å². The summed E-state index contributed by atoms with van der Waals surface area (Å²) >= 11 is 0. The minimum absolute atomic E-state index is 0.531. The Labute approximate surface area is 355 Å². The first-order valence-electron chi connectivity index (χ1n) is 21.0. The number of para-hydroxylation sites is 2. The van der Waals surface area contributed by atoms with Crippen molar-refractivity contribution in [3.63, 3.8) is 0 Å². The lowest BCUT2D eigenvalue weighted by Gasteiger charge is -2.35. The molecule has 0 unspecified atom stereocenters. The molecular formula is C59H39NO. The van der Waals surface area contributed by atoms with Gasteiger partial charge in [0.25, 0.3) is 0 Å². The van der Waals surface area contributed by atoms with Crippen LogP contribution in [-0.2, 0) is 5.41 Å². The van der Waals surface area contributed by atoms with Gasteiger partial charge >= 0.3 is 0 Å². The molecule has 1 aliphatic carbocycles. The molecule has 1 heterocycles. The summed E-state index contributed by atoms with van der Waals surface area (Å²) < 4.78 is 6.51. The molecule has 0 fully saturated rings. The highest BCUT2D eigenvalue weighted by Crippen LogP contribution is 2.57. The highest BCUT2D eigenvalue weighted by Gasteiger charge is 2.46. The Bertz CT molecular complexity index is 3360. The summed E-state index contributed by atoms with van der Waals surface area (Å²) in [7, 11) is 0. The Balaban J connectivity index is 1.12. The van der Waals surface area contributed by atoms with Gasteiger partial charge in [0.15, 0.2) is 0 Å². The SMILES string of the molecule is c1ccc(-c2c(N(c3ccc(-c4cccc5c4oc4ccccc45)cc3)c3ccc4c(c3)C(c3ccccc3)(c3ccccc3)c3ccccc3-4)ccc3ccccc23)cc1. The lowest BCUT2D eigenvalue weighted by Crippen LogP contribution is -2.28. The third kappa shape index (κ3) is 5.43. The lowest BCUT2D eigenvalue weighted by molar-refractivity contribution is 0.670. The van der Waals surface area contributed by atoms with Gasteiger partial charge in [0.1, 0.15) is 11.2 Å². The van der Waals surface area contributed by atoms with Crippen molar-refractivity contribution in [2.45, 2.75) is 5.41 Å². The Kier molecular flexibility index (Phi) is 8.11. The van der Waals surface area contributed by atoms with Crippen LogP contribution >= 0.6 is 0 Å². The fourth-order valence-electron chi connectivity index (χ4n) is 10.1. The van der Waals surface area contributed by atoms with Crippen molar-refractivity contribution in [3.8, 4) is 33.4 Å². The molecule has 12 rings (SSSR count). The van der Waals surface area contributed by atoms with Gasteiger partial charge in [-0.15, -0.1) is 0 Å². The number of hydrogen-bond donors (Lipinski definition) is 0. The van der Waals surface area contributed by atoms with Gasteiger partial charge in [-0.3, -0.25) is 0 Å². The van der Waals surface area contributed by atoms with E-state index in [1.165, 1.54) is 55.3 Å². The predicted molar refractivity (Wildman–Crippen MR) is 254 cm³/mol. The van der Waals surface area contributed by atoms with Crippen molar-refractivity contribution in [2.24, 2.45) is 0 Å². The van der Waals surface area contributed by atoms with Gasteiger partial charge in [-0.1, -0.05) is 200 Å². The minimum Gasteiger partial charge on any atom is -0.455 e. The van der Waals surface area contributed by atoms with E-state index in [1.807, 2.05) is 12.1 Å². The van der Waals surface area contributed by atoms with Crippen molar-refractivity contribution in [1.82, 2.24) is 0 Å². The highest BCUT2D eigenvalue weighted by atomic mass is 16.3. The van der Waals surface area contributed by atoms with Crippen LogP contribution in [0.1, 0.15) is 22.3 Å². The number of rotatable bonds is 7. The van der Waals surface area contributed by atoms with Crippen molar-refractivity contribution < 1.29 is 4.42 Å². The summed E-state index contributed by atoms with van der Waals surface area (Å²) in [6, 6.07) is 86.1. The van der Waals surface area contributed by atoms with Crippen molar-refractivity contribution in [3.05, 3.63) is 259 Å². The van der Waals surface area contributed by atoms with Crippen LogP contribution < -0.4 is 4.90 Å². The highest BCUT2D eigenvalue weighted by molar-refractivity contribution is 6.10. The number of fused-ring (bicyclic) bond motifs is 7. The molecule has 61 heavy (non-hydrogen) atoms. The number of anilines is 3. The van der Waals surface area contributed by atoms with Crippen LogP contribution in [0.2, 0.25) is 0 Å². The molecule has 0 radical (unpaired) electrons. The Morgan fingerprint density at radius 3 is 1.72 bits per heavy atom. The van der Waals surface area contributed by atoms with Gasteiger partial charge in [-0.05, 0) is 91.7 Å². The molecule has 1 aromatic heterocycles. The van der Waals surface area contributed by atoms with E-state index in [1.54, 1.807) is 0 Å². The molecular weight excluding hydrogens is 739 g/mol. The average molecular weight is 778 g/mol. The molecule has 0 bridgehead atoms. The fourth-order valence-corrected chi connectivity index (χ4v) is 10.1. The average Bonchev–Trinajstić information content (AvgIpc) is 3.86. The zero-order valence-electron chi connectivity index (χ0n) is 33.4. The van der Waals surface area contributed by atoms with E-state index in [0.29, 0.717) is 0 Å². The van der Waals surface area contributed by atoms with E-state index in [-0.39, 0.29) is 0 Å². The number of furan rings is 1. The van der Waals surface area contributed by atoms with Gasteiger partial charge in [-0.25, -0.2) is 0 Å². The number of nitrogens with zero attached hydrogens (tertiary/aromatic N) is 1. The second-order valence-corrected chi connectivity index (χ2v) is 16.0. The third-order valence-electron chi connectivity index (χ3n) is 12.8. The normalized spacial score (nSPS) is 12.7. The van der Waals surface area contributed by atoms with Gasteiger partial charge in [0.2, 0.25) is 0 Å². The first-order chi connectivity index (χ1) is 30.3. The number of benzene rings is 10. The third-order valence-corrected chi connectivity index (χ3v) is 12.8. The monoisotopic (exact) mass is 777 g/mol. The van der Waals surface area contributed by atoms with Crippen LogP contribution in [0.3, 0.4) is 0 Å². The van der Waals surface area contributed by atoms with Gasteiger partial charge in [0, 0.05) is 33.3 Å². The van der Waals surface area contributed by atoms with Crippen LogP contribution in [0.4, 0.5) is 17.1 Å². The Morgan fingerprint density at radius 1 is 0.361 bits per heavy atom. The van der Waals surface area contributed by atoms with Crippen molar-refractivity contribution >= 4 is 49.8 Å². The van der Waals surface area contributed by atoms with E-state index < -0.39 is 5.41 Å². The van der Waals surface area contributed by atoms with Crippen LogP contribution in [-0.4, -0.2) is 0 Å². The Hall–Kier alpha value is -7.94. The summed E-state index contributed by atoms with van der Waals surface area (Å²) in [6.45, 7) is 0. The second-order valence-electron chi connectivity index (χ2n) is 16.0. The van der Waals surface area contributed by atoms with E-state index in [4.69, 9.17) is 4.42 Å². The molecule has 0 spiro atoms. The van der Waals surface area contributed by atoms with Crippen LogP contribution in [0, 0.1) is 0 Å². The Morgan fingerprint density at radius 2 is 0.951 bits per heavy atom. The molecule has 0 aliphatic heterocycles. The standard InChI is InChI=1S/C59H39NO/c1-4-18-42(19-5-1)57-47-24-11-10-17-40(47)33-38-55(57)60(45-34-31-41(32-35-45)48-27-16-28-52-51-26-13-15-30-56(51)61-58(48)52)46-36-37-50-49-25-12-14-29-53(49)59(54(50)39-46,43-20-6-2-7-21-43)44-22-8-3-9-23-44/h1-39H.